The number of aryl methyl sites for hydroxylation is 1. The Morgan fingerprint density at radius 2 is 1.86 bits per heavy atom. The smallest absolute Gasteiger partial charge is 0.266 e. The minimum atomic E-state index is -3.94. The quantitative estimate of drug-likeness (QED) is 0.337. The van der Waals surface area contributed by atoms with Crippen molar-refractivity contribution in [3.8, 4) is 0 Å². The number of unbranched alkanes of at least 4 members (excludes halogenated alkanes) is 1. The summed E-state index contributed by atoms with van der Waals surface area (Å²) in [5, 5.41) is 9.36. The van der Waals surface area contributed by atoms with E-state index in [0.29, 0.717) is 52.2 Å². The molecule has 1 aromatic rings. The summed E-state index contributed by atoms with van der Waals surface area (Å²) < 4.78 is 32.2. The van der Waals surface area contributed by atoms with Crippen LogP contribution in [0.25, 0.3) is 0 Å². The largest absolute Gasteiger partial charge is 0.383 e. The van der Waals surface area contributed by atoms with E-state index in [1.54, 1.807) is 12.6 Å². The zero-order chi connectivity index (χ0) is 23.9. The van der Waals surface area contributed by atoms with Crippen LogP contribution < -0.4 is 5.48 Å². The number of nitrogens with one attached hydrogen (secondary N) is 1. The number of methoxy groups -OCH3 is 1. The summed E-state index contributed by atoms with van der Waals surface area (Å²) in [7, 11) is -2.32. The summed E-state index contributed by atoms with van der Waals surface area (Å²) >= 11 is 0. The third kappa shape index (κ3) is 7.28. The van der Waals surface area contributed by atoms with Crippen LogP contribution in [0.5, 0.6) is 0 Å². The topological polar surface area (TPSA) is 112 Å². The summed E-state index contributed by atoms with van der Waals surface area (Å²) in [4.78, 5) is 19.4. The molecule has 2 aliphatic heterocycles. The number of likely N-dealkylation sites (tertiary alicyclic amines) is 1. The minimum absolute atomic E-state index is 0. The lowest BCUT2D eigenvalue weighted by Crippen LogP contribution is -2.62. The molecule has 9 nitrogen and oxygen atoms in total. The van der Waals surface area contributed by atoms with Gasteiger partial charge in [-0.2, -0.15) is 0 Å². The summed E-state index contributed by atoms with van der Waals surface area (Å²) in [6.07, 6.45) is 6.87. The maximum atomic E-state index is 13.7. The van der Waals surface area contributed by atoms with Crippen LogP contribution in [0.1, 0.15) is 62.6 Å². The predicted molar refractivity (Wildman–Crippen MR) is 140 cm³/mol. The first-order valence-corrected chi connectivity index (χ1v) is 13.4. The highest BCUT2D eigenvalue weighted by molar-refractivity contribution is 7.91. The number of hydroxylamine groups is 1. The molecule has 2 N–H and O–H groups in total. The zero-order valence-electron chi connectivity index (χ0n) is 20.6. The summed E-state index contributed by atoms with van der Waals surface area (Å²) in [6, 6.07) is 4.19. The molecule has 0 bridgehead atoms. The molecule has 2 aliphatic rings. The van der Waals surface area contributed by atoms with Crippen LogP contribution in [0.2, 0.25) is 0 Å². The van der Waals surface area contributed by atoms with E-state index >= 15 is 0 Å². The van der Waals surface area contributed by atoms with Gasteiger partial charge in [-0.25, -0.2) is 18.2 Å². The van der Waals surface area contributed by atoms with E-state index in [1.807, 2.05) is 6.20 Å². The zero-order valence-corrected chi connectivity index (χ0v) is 23.1. The van der Waals surface area contributed by atoms with E-state index in [1.165, 1.54) is 9.87 Å². The number of carbonyl (C=O) groups excluding carboxylic acids is 1. The number of halogens is 2. The van der Waals surface area contributed by atoms with Crippen molar-refractivity contribution in [3.63, 3.8) is 0 Å². The number of nitrogens with zero attached hydrogens (tertiary/aromatic N) is 3. The van der Waals surface area contributed by atoms with Crippen LogP contribution in [0.3, 0.4) is 0 Å². The highest BCUT2D eigenvalue weighted by Crippen LogP contribution is 2.37. The number of hydrogen-bond acceptors (Lipinski definition) is 7. The SMILES string of the molecule is CCCCc1ccc(C2CCN(S(=O)(=O)C3(C(=O)NO)CCN(CCOC)CC3)CC2)nc1.Cl.Cl. The van der Waals surface area contributed by atoms with Gasteiger partial charge in [0, 0.05) is 57.6 Å². The van der Waals surface area contributed by atoms with Crippen molar-refractivity contribution < 1.29 is 23.2 Å². The molecule has 1 amide bonds. The van der Waals surface area contributed by atoms with Gasteiger partial charge in [-0.1, -0.05) is 19.4 Å². The van der Waals surface area contributed by atoms with Gasteiger partial charge in [0.2, 0.25) is 10.0 Å². The van der Waals surface area contributed by atoms with Gasteiger partial charge in [-0.15, -0.1) is 24.8 Å². The molecule has 0 radical (unpaired) electrons. The second-order valence-corrected chi connectivity index (χ2v) is 11.4. The average molecular weight is 556 g/mol. The van der Waals surface area contributed by atoms with Gasteiger partial charge in [0.15, 0.2) is 4.75 Å². The lowest BCUT2D eigenvalue weighted by atomic mass is 9.93. The molecule has 0 aromatic carbocycles. The molecule has 0 saturated carbocycles. The van der Waals surface area contributed by atoms with Gasteiger partial charge in [-0.3, -0.25) is 15.0 Å². The molecule has 0 atom stereocenters. The number of amides is 1. The normalized spacial score (nSPS) is 19.4. The highest BCUT2D eigenvalue weighted by Gasteiger charge is 2.55. The Balaban J connectivity index is 0.00000306. The van der Waals surface area contributed by atoms with E-state index in [2.05, 4.69) is 28.9 Å². The van der Waals surface area contributed by atoms with Crippen molar-refractivity contribution in [1.82, 2.24) is 19.7 Å². The van der Waals surface area contributed by atoms with Gasteiger partial charge in [0.05, 0.1) is 6.61 Å². The summed E-state index contributed by atoms with van der Waals surface area (Å²) in [6.45, 7) is 5.01. The molecule has 0 spiro atoms. The first-order valence-electron chi connectivity index (χ1n) is 12.0. The third-order valence-corrected chi connectivity index (χ3v) is 9.79. The van der Waals surface area contributed by atoms with E-state index in [0.717, 1.165) is 25.0 Å². The number of hydrogen-bond donors (Lipinski definition) is 2. The molecule has 1 aromatic heterocycles. The average Bonchev–Trinajstić information content (AvgIpc) is 2.86. The van der Waals surface area contributed by atoms with Crippen LogP contribution >= 0.6 is 24.8 Å². The molecule has 202 valence electrons. The molecular weight excluding hydrogens is 515 g/mol. The van der Waals surface area contributed by atoms with Crippen LogP contribution in [-0.4, -0.2) is 84.9 Å². The van der Waals surface area contributed by atoms with Gasteiger partial charge in [0.25, 0.3) is 5.91 Å². The second kappa shape index (κ2) is 14.7. The number of rotatable bonds is 10. The first kappa shape index (κ1) is 32.0. The fraction of sp³-hybridized carbons (Fsp3) is 0.739. The van der Waals surface area contributed by atoms with E-state index in [4.69, 9.17) is 4.74 Å². The fourth-order valence-corrected chi connectivity index (χ4v) is 7.07. The Kier molecular flexibility index (Phi) is 13.4. The minimum Gasteiger partial charge on any atom is -0.383 e. The van der Waals surface area contributed by atoms with Gasteiger partial charge < -0.3 is 9.64 Å². The van der Waals surface area contributed by atoms with Crippen LogP contribution in [0, 0.1) is 0 Å². The first-order chi connectivity index (χ1) is 15.9. The maximum Gasteiger partial charge on any atom is 0.266 e. The number of pyridine rings is 1. The van der Waals surface area contributed by atoms with Crippen molar-refractivity contribution in [2.24, 2.45) is 0 Å². The van der Waals surface area contributed by atoms with Gasteiger partial charge >= 0.3 is 0 Å². The monoisotopic (exact) mass is 554 g/mol. The van der Waals surface area contributed by atoms with Gasteiger partial charge in [-0.05, 0) is 50.2 Å². The van der Waals surface area contributed by atoms with Crippen molar-refractivity contribution in [2.45, 2.75) is 62.5 Å². The highest BCUT2D eigenvalue weighted by atomic mass is 35.5. The Hall–Kier alpha value is -1.01. The fourth-order valence-electron chi connectivity index (χ4n) is 4.91. The van der Waals surface area contributed by atoms with Crippen LogP contribution in [0.15, 0.2) is 18.3 Å². The van der Waals surface area contributed by atoms with Crippen molar-refractivity contribution in [3.05, 3.63) is 29.6 Å². The Labute approximate surface area is 221 Å². The second-order valence-electron chi connectivity index (χ2n) is 9.14. The standard InChI is InChI=1S/C23H38N4O5S.2ClH/c1-3-4-5-19-6-7-21(24-18-19)20-8-12-27(13-9-20)33(30,31)23(22(28)25-29)10-14-26(15-11-23)16-17-32-2;;/h6-7,18,20,29H,3-5,8-17H2,1-2H3,(H,25,28);2*1H. The molecule has 0 aliphatic carbocycles. The lowest BCUT2D eigenvalue weighted by Gasteiger charge is -2.43. The van der Waals surface area contributed by atoms with Crippen molar-refractivity contribution in [2.75, 3.05) is 46.4 Å². The van der Waals surface area contributed by atoms with Crippen molar-refractivity contribution >= 4 is 40.7 Å². The van der Waals surface area contributed by atoms with Crippen LogP contribution in [0.4, 0.5) is 0 Å². The summed E-state index contributed by atoms with van der Waals surface area (Å²) in [5.41, 5.74) is 3.87. The number of piperidine rings is 2. The van der Waals surface area contributed by atoms with Gasteiger partial charge in [0.1, 0.15) is 0 Å². The molecule has 3 heterocycles. The van der Waals surface area contributed by atoms with Crippen molar-refractivity contribution in [1.29, 1.82) is 0 Å². The Morgan fingerprint density at radius 1 is 1.20 bits per heavy atom. The molecule has 0 unspecified atom stereocenters. The third-order valence-electron chi connectivity index (χ3n) is 7.16. The van der Waals surface area contributed by atoms with E-state index in [-0.39, 0.29) is 43.6 Å². The molecular formula is C23H40Cl2N4O5S. The number of sulfonamides is 1. The Bertz CT molecular complexity index is 872. The number of aromatic nitrogens is 1. The lowest BCUT2D eigenvalue weighted by molar-refractivity contribution is -0.133. The molecule has 35 heavy (non-hydrogen) atoms. The summed E-state index contributed by atoms with van der Waals surface area (Å²) in [5.74, 6) is -0.629. The predicted octanol–water partition coefficient (Wildman–Crippen LogP) is 2.76. The van der Waals surface area contributed by atoms with E-state index < -0.39 is 20.7 Å². The number of carbonyl (C=O) groups is 1. The maximum absolute atomic E-state index is 13.7. The molecule has 2 saturated heterocycles. The van der Waals surface area contributed by atoms with Crippen LogP contribution in [-0.2, 0) is 26.0 Å². The van der Waals surface area contributed by atoms with E-state index in [9.17, 15) is 18.4 Å². The molecule has 2 fully saturated rings. The number of ether oxygens (including phenoxy) is 1. The Morgan fingerprint density at radius 3 is 2.37 bits per heavy atom. The molecule has 3 rings (SSSR count). The molecule has 12 heteroatoms.